The van der Waals surface area contributed by atoms with Crippen molar-refractivity contribution in [1.29, 1.82) is 0 Å². The quantitative estimate of drug-likeness (QED) is 0.250. The Balaban J connectivity index is 2.09. The Labute approximate surface area is 160 Å². The lowest BCUT2D eigenvalue weighted by atomic mass is 9.79. The van der Waals surface area contributed by atoms with E-state index in [4.69, 9.17) is 0 Å². The molecular weight excluding hydrogens is 362 g/mol. The molecule has 0 bridgehead atoms. The van der Waals surface area contributed by atoms with Crippen LogP contribution in [-0.2, 0) is 0 Å². The van der Waals surface area contributed by atoms with E-state index in [9.17, 15) is 19.7 Å². The Bertz CT molecular complexity index is 872. The SMILES string of the molecule is O=C(c1ccccc1)C(C(=O)c1ccccc1)[C@@H](C[N+](=O)[O-])c1cccs1. The third kappa shape index (κ3) is 4.35. The van der Waals surface area contributed by atoms with Crippen molar-refractivity contribution in [3.63, 3.8) is 0 Å². The third-order valence-corrected chi connectivity index (χ3v) is 5.34. The molecule has 0 aliphatic rings. The topological polar surface area (TPSA) is 77.3 Å². The maximum Gasteiger partial charge on any atom is 0.212 e. The Kier molecular flexibility index (Phi) is 5.88. The smallest absolute Gasteiger partial charge is 0.212 e. The van der Waals surface area contributed by atoms with E-state index < -0.39 is 34.9 Å². The highest BCUT2D eigenvalue weighted by atomic mass is 32.1. The van der Waals surface area contributed by atoms with Crippen molar-refractivity contribution in [2.24, 2.45) is 5.92 Å². The fourth-order valence-corrected chi connectivity index (χ4v) is 3.93. The number of Topliss-reactive ketones (excluding diaryl/α,β-unsaturated/α-hetero) is 2. The molecule has 0 aliphatic heterocycles. The van der Waals surface area contributed by atoms with Crippen LogP contribution in [0.2, 0.25) is 0 Å². The summed E-state index contributed by atoms with van der Waals surface area (Å²) in [6.45, 7) is -0.484. The zero-order valence-corrected chi connectivity index (χ0v) is 15.2. The first kappa shape index (κ1) is 18.7. The maximum absolute atomic E-state index is 13.2. The van der Waals surface area contributed by atoms with Gasteiger partial charge in [0, 0.05) is 20.9 Å². The van der Waals surface area contributed by atoms with Crippen molar-refractivity contribution in [2.75, 3.05) is 6.54 Å². The van der Waals surface area contributed by atoms with E-state index in [1.165, 1.54) is 11.3 Å². The number of hydrogen-bond donors (Lipinski definition) is 0. The van der Waals surface area contributed by atoms with E-state index in [2.05, 4.69) is 0 Å². The molecule has 0 amide bonds. The molecule has 0 saturated carbocycles. The molecule has 1 heterocycles. The van der Waals surface area contributed by atoms with Gasteiger partial charge in [-0.05, 0) is 11.4 Å². The van der Waals surface area contributed by atoms with E-state index in [1.54, 1.807) is 78.2 Å². The first-order valence-electron chi connectivity index (χ1n) is 8.41. The van der Waals surface area contributed by atoms with Crippen LogP contribution < -0.4 is 0 Å². The minimum absolute atomic E-state index is 0.372. The molecule has 3 rings (SSSR count). The van der Waals surface area contributed by atoms with Crippen LogP contribution >= 0.6 is 11.3 Å². The predicted octanol–water partition coefficient (Wildman–Crippen LogP) is 4.49. The van der Waals surface area contributed by atoms with Crippen molar-refractivity contribution < 1.29 is 14.5 Å². The molecule has 0 unspecified atom stereocenters. The highest BCUT2D eigenvalue weighted by Gasteiger charge is 2.40. The van der Waals surface area contributed by atoms with Gasteiger partial charge in [0.2, 0.25) is 6.54 Å². The number of nitrogens with zero attached hydrogens (tertiary/aromatic N) is 1. The van der Waals surface area contributed by atoms with Crippen molar-refractivity contribution in [1.82, 2.24) is 0 Å². The molecule has 5 nitrogen and oxygen atoms in total. The second-order valence-electron chi connectivity index (χ2n) is 6.08. The van der Waals surface area contributed by atoms with Crippen LogP contribution in [0, 0.1) is 16.0 Å². The Morgan fingerprint density at radius 3 is 1.78 bits per heavy atom. The standard InChI is InChI=1S/C21H17NO4S/c23-20(15-8-3-1-4-9-15)19(21(24)16-10-5-2-6-11-16)17(14-22(25)26)18-12-7-13-27-18/h1-13,17,19H,14H2/t17-/m0/s1. The van der Waals surface area contributed by atoms with Gasteiger partial charge in [0.05, 0.1) is 11.8 Å². The molecule has 0 radical (unpaired) electrons. The van der Waals surface area contributed by atoms with Gasteiger partial charge in [-0.2, -0.15) is 0 Å². The largest absolute Gasteiger partial charge is 0.293 e. The molecule has 0 N–H and O–H groups in total. The normalized spacial score (nSPS) is 11.9. The van der Waals surface area contributed by atoms with Gasteiger partial charge in [0.1, 0.15) is 0 Å². The molecule has 136 valence electrons. The fourth-order valence-electron chi connectivity index (χ4n) is 3.07. The zero-order valence-electron chi connectivity index (χ0n) is 14.4. The van der Waals surface area contributed by atoms with Crippen LogP contribution in [0.1, 0.15) is 31.5 Å². The number of benzene rings is 2. The van der Waals surface area contributed by atoms with Gasteiger partial charge >= 0.3 is 0 Å². The maximum atomic E-state index is 13.2. The highest BCUT2D eigenvalue weighted by Crippen LogP contribution is 2.33. The van der Waals surface area contributed by atoms with Crippen molar-refractivity contribution in [2.45, 2.75) is 5.92 Å². The van der Waals surface area contributed by atoms with E-state index >= 15 is 0 Å². The van der Waals surface area contributed by atoms with Gasteiger partial charge in [0.15, 0.2) is 11.6 Å². The fraction of sp³-hybridized carbons (Fsp3) is 0.143. The van der Waals surface area contributed by atoms with E-state index in [1.807, 2.05) is 0 Å². The number of carbonyl (C=O) groups excluding carboxylic acids is 2. The third-order valence-electron chi connectivity index (χ3n) is 4.34. The highest BCUT2D eigenvalue weighted by molar-refractivity contribution is 7.10. The number of hydrogen-bond acceptors (Lipinski definition) is 5. The molecule has 0 spiro atoms. The van der Waals surface area contributed by atoms with Gasteiger partial charge in [-0.25, -0.2) is 0 Å². The monoisotopic (exact) mass is 379 g/mol. The number of thiophene rings is 1. The summed E-state index contributed by atoms with van der Waals surface area (Å²) in [6.07, 6.45) is 0. The lowest BCUT2D eigenvalue weighted by Crippen LogP contribution is -2.34. The predicted molar refractivity (Wildman–Crippen MR) is 104 cm³/mol. The summed E-state index contributed by atoms with van der Waals surface area (Å²) in [5.41, 5.74) is 0.744. The van der Waals surface area contributed by atoms with Crippen molar-refractivity contribution in [3.05, 3.63) is 104 Å². The molecule has 1 aromatic heterocycles. The van der Waals surface area contributed by atoms with Crippen LogP contribution in [0.25, 0.3) is 0 Å². The molecule has 0 saturated heterocycles. The average molecular weight is 379 g/mol. The molecule has 2 aromatic carbocycles. The zero-order chi connectivity index (χ0) is 19.2. The minimum Gasteiger partial charge on any atom is -0.293 e. The summed E-state index contributed by atoms with van der Waals surface area (Å²) in [5.74, 6) is -2.77. The molecule has 0 aliphatic carbocycles. The van der Waals surface area contributed by atoms with E-state index in [-0.39, 0.29) is 0 Å². The summed E-state index contributed by atoms with van der Waals surface area (Å²) >= 11 is 1.32. The molecule has 1 atom stereocenters. The van der Waals surface area contributed by atoms with Gasteiger partial charge in [0.25, 0.3) is 0 Å². The Morgan fingerprint density at radius 1 is 0.852 bits per heavy atom. The lowest BCUT2D eigenvalue weighted by Gasteiger charge is -2.22. The number of nitro groups is 1. The summed E-state index contributed by atoms with van der Waals surface area (Å²) in [6, 6.07) is 20.4. The first-order chi connectivity index (χ1) is 13.1. The summed E-state index contributed by atoms with van der Waals surface area (Å²) < 4.78 is 0. The molecule has 3 aromatic rings. The van der Waals surface area contributed by atoms with Crippen LogP contribution in [0.3, 0.4) is 0 Å². The van der Waals surface area contributed by atoms with Crippen LogP contribution in [0.4, 0.5) is 0 Å². The van der Waals surface area contributed by atoms with Gasteiger partial charge < -0.3 is 0 Å². The average Bonchev–Trinajstić information content (AvgIpc) is 3.23. The summed E-state index contributed by atoms with van der Waals surface area (Å²) in [7, 11) is 0. The van der Waals surface area contributed by atoms with Gasteiger partial charge in [-0.15, -0.1) is 11.3 Å². The van der Waals surface area contributed by atoms with Crippen molar-refractivity contribution >= 4 is 22.9 Å². The van der Waals surface area contributed by atoms with E-state index in [0.29, 0.717) is 16.0 Å². The molecule has 6 heteroatoms. The van der Waals surface area contributed by atoms with Gasteiger partial charge in [-0.1, -0.05) is 66.7 Å². The van der Waals surface area contributed by atoms with Crippen LogP contribution in [-0.4, -0.2) is 23.0 Å². The molecular formula is C21H17NO4S. The second kappa shape index (κ2) is 8.51. The van der Waals surface area contributed by atoms with Crippen molar-refractivity contribution in [3.8, 4) is 0 Å². The number of carbonyl (C=O) groups is 2. The van der Waals surface area contributed by atoms with Crippen LogP contribution in [0.15, 0.2) is 78.2 Å². The summed E-state index contributed by atoms with van der Waals surface area (Å²) in [5, 5.41) is 13.1. The van der Waals surface area contributed by atoms with Crippen LogP contribution in [0.5, 0.6) is 0 Å². The Morgan fingerprint density at radius 2 is 1.37 bits per heavy atom. The molecule has 0 fully saturated rings. The van der Waals surface area contributed by atoms with Gasteiger partial charge in [-0.3, -0.25) is 19.7 Å². The Hall–Kier alpha value is -3.12. The minimum atomic E-state index is -1.15. The molecule has 27 heavy (non-hydrogen) atoms. The first-order valence-corrected chi connectivity index (χ1v) is 9.29. The lowest BCUT2D eigenvalue weighted by molar-refractivity contribution is -0.483. The number of ketones is 2. The number of rotatable bonds is 8. The summed E-state index contributed by atoms with van der Waals surface area (Å²) in [4.78, 5) is 38.0. The van der Waals surface area contributed by atoms with E-state index in [0.717, 1.165) is 0 Å². The second-order valence-corrected chi connectivity index (χ2v) is 7.05.